The third-order valence-corrected chi connectivity index (χ3v) is 6.24. The van der Waals surface area contributed by atoms with Crippen molar-refractivity contribution in [1.82, 2.24) is 19.6 Å². The van der Waals surface area contributed by atoms with Gasteiger partial charge in [-0.25, -0.2) is 4.98 Å². The minimum Gasteiger partial charge on any atom is -0.268 e. The van der Waals surface area contributed by atoms with E-state index in [1.54, 1.807) is 0 Å². The summed E-state index contributed by atoms with van der Waals surface area (Å²) in [5, 5.41) is 10.3. The van der Waals surface area contributed by atoms with Crippen LogP contribution in [0.3, 0.4) is 0 Å². The standard InChI is InChI=1S/C17H22N4S/c1-4-11(5-2)15-19-20-16-14-12-7-6-10(3)8-13(12)22-17(14)18-9-21(15)16/h9-11H,4-8H2,1-3H3/t10-/m0/s1. The molecule has 0 bridgehead atoms. The van der Waals surface area contributed by atoms with Gasteiger partial charge in [0, 0.05) is 10.8 Å². The number of aromatic nitrogens is 4. The van der Waals surface area contributed by atoms with Gasteiger partial charge >= 0.3 is 0 Å². The van der Waals surface area contributed by atoms with Gasteiger partial charge in [0.15, 0.2) is 5.65 Å². The van der Waals surface area contributed by atoms with Gasteiger partial charge in [-0.1, -0.05) is 20.8 Å². The number of rotatable bonds is 3. The average Bonchev–Trinajstić information content (AvgIpc) is 3.09. The smallest absolute Gasteiger partial charge is 0.172 e. The van der Waals surface area contributed by atoms with E-state index in [2.05, 4.69) is 35.4 Å². The van der Waals surface area contributed by atoms with E-state index in [4.69, 9.17) is 4.98 Å². The molecular weight excluding hydrogens is 292 g/mol. The Morgan fingerprint density at radius 1 is 1.32 bits per heavy atom. The highest BCUT2D eigenvalue weighted by Crippen LogP contribution is 2.39. The van der Waals surface area contributed by atoms with Gasteiger partial charge in [0.1, 0.15) is 17.0 Å². The van der Waals surface area contributed by atoms with Crippen molar-refractivity contribution >= 4 is 27.2 Å². The number of fused-ring (bicyclic) bond motifs is 5. The summed E-state index contributed by atoms with van der Waals surface area (Å²) in [6, 6.07) is 0. The topological polar surface area (TPSA) is 43.1 Å². The van der Waals surface area contributed by atoms with Gasteiger partial charge < -0.3 is 0 Å². The third kappa shape index (κ3) is 1.98. The molecule has 0 unspecified atom stereocenters. The summed E-state index contributed by atoms with van der Waals surface area (Å²) in [6.45, 7) is 6.78. The molecule has 1 atom stereocenters. The Morgan fingerprint density at radius 2 is 2.14 bits per heavy atom. The van der Waals surface area contributed by atoms with E-state index in [1.807, 2.05) is 17.7 Å². The minimum atomic E-state index is 0.462. The molecule has 4 rings (SSSR count). The van der Waals surface area contributed by atoms with Gasteiger partial charge in [-0.05, 0) is 43.6 Å². The maximum atomic E-state index is 4.72. The molecule has 3 aromatic heterocycles. The molecular formula is C17H22N4S. The second kappa shape index (κ2) is 5.30. The summed E-state index contributed by atoms with van der Waals surface area (Å²) in [7, 11) is 0. The fraction of sp³-hybridized carbons (Fsp3) is 0.588. The lowest BCUT2D eigenvalue weighted by Gasteiger charge is -2.17. The number of nitrogens with zero attached hydrogens (tertiary/aromatic N) is 4. The Balaban J connectivity index is 1.96. The van der Waals surface area contributed by atoms with Crippen LogP contribution in [0.4, 0.5) is 0 Å². The molecule has 116 valence electrons. The molecule has 0 saturated heterocycles. The highest BCUT2D eigenvalue weighted by atomic mass is 32.1. The summed E-state index contributed by atoms with van der Waals surface area (Å²) in [6.07, 6.45) is 7.73. The van der Waals surface area contributed by atoms with E-state index in [1.165, 1.54) is 28.7 Å². The summed E-state index contributed by atoms with van der Waals surface area (Å²) >= 11 is 1.86. The molecule has 0 fully saturated rings. The van der Waals surface area contributed by atoms with Gasteiger partial charge in [0.05, 0.1) is 5.39 Å². The second-order valence-corrected chi connectivity index (χ2v) is 7.63. The van der Waals surface area contributed by atoms with E-state index >= 15 is 0 Å². The predicted octanol–water partition coefficient (Wildman–Crippen LogP) is 4.37. The number of thiophene rings is 1. The van der Waals surface area contributed by atoms with Crippen molar-refractivity contribution in [2.24, 2.45) is 5.92 Å². The van der Waals surface area contributed by atoms with Crippen molar-refractivity contribution in [3.63, 3.8) is 0 Å². The van der Waals surface area contributed by atoms with Crippen molar-refractivity contribution in [3.05, 3.63) is 22.6 Å². The van der Waals surface area contributed by atoms with Crippen LogP contribution in [0.2, 0.25) is 0 Å². The van der Waals surface area contributed by atoms with Crippen LogP contribution in [0.25, 0.3) is 15.9 Å². The normalized spacial score (nSPS) is 18.5. The molecule has 1 aliphatic rings. The van der Waals surface area contributed by atoms with Crippen LogP contribution in [-0.4, -0.2) is 19.6 Å². The van der Waals surface area contributed by atoms with Gasteiger partial charge in [0.2, 0.25) is 0 Å². The van der Waals surface area contributed by atoms with E-state index < -0.39 is 0 Å². The Hall–Kier alpha value is -1.49. The summed E-state index contributed by atoms with van der Waals surface area (Å²) in [5.41, 5.74) is 2.50. The minimum absolute atomic E-state index is 0.462. The zero-order valence-electron chi connectivity index (χ0n) is 13.5. The molecule has 1 aliphatic carbocycles. The summed E-state index contributed by atoms with van der Waals surface area (Å²) < 4.78 is 2.13. The second-order valence-electron chi connectivity index (χ2n) is 6.54. The Bertz CT molecular complexity index is 828. The van der Waals surface area contributed by atoms with Crippen molar-refractivity contribution < 1.29 is 0 Å². The quantitative estimate of drug-likeness (QED) is 0.721. The Labute approximate surface area is 134 Å². The van der Waals surface area contributed by atoms with Crippen molar-refractivity contribution in [2.45, 2.75) is 58.8 Å². The SMILES string of the molecule is CCC(CC)c1nnc2c3c4c(sc3ncn12)C[C@@H](C)CC4. The Morgan fingerprint density at radius 3 is 2.91 bits per heavy atom. The van der Waals surface area contributed by atoms with E-state index in [0.29, 0.717) is 5.92 Å². The highest BCUT2D eigenvalue weighted by Gasteiger charge is 2.24. The zero-order chi connectivity index (χ0) is 15.3. The monoisotopic (exact) mass is 314 g/mol. The van der Waals surface area contributed by atoms with Gasteiger partial charge in [-0.15, -0.1) is 21.5 Å². The van der Waals surface area contributed by atoms with E-state index in [0.717, 1.165) is 41.5 Å². The number of hydrogen-bond donors (Lipinski definition) is 0. The molecule has 5 heteroatoms. The van der Waals surface area contributed by atoms with Crippen molar-refractivity contribution in [2.75, 3.05) is 0 Å². The van der Waals surface area contributed by atoms with Crippen LogP contribution >= 0.6 is 11.3 Å². The molecule has 0 saturated carbocycles. The molecule has 0 N–H and O–H groups in total. The van der Waals surface area contributed by atoms with Gasteiger partial charge in [0.25, 0.3) is 0 Å². The third-order valence-electron chi connectivity index (χ3n) is 5.08. The van der Waals surface area contributed by atoms with Crippen LogP contribution < -0.4 is 0 Å². The lowest BCUT2D eigenvalue weighted by molar-refractivity contribution is 0.509. The molecule has 0 aromatic carbocycles. The van der Waals surface area contributed by atoms with Crippen LogP contribution in [0.5, 0.6) is 0 Å². The van der Waals surface area contributed by atoms with E-state index in [9.17, 15) is 0 Å². The molecule has 3 aromatic rings. The first-order valence-electron chi connectivity index (χ1n) is 8.36. The fourth-order valence-electron chi connectivity index (χ4n) is 3.69. The fourth-order valence-corrected chi connectivity index (χ4v) is 5.03. The molecule has 0 aliphatic heterocycles. The van der Waals surface area contributed by atoms with Crippen LogP contribution in [0, 0.1) is 5.92 Å². The lowest BCUT2D eigenvalue weighted by atomic mass is 9.89. The number of aryl methyl sites for hydroxylation is 1. The molecule has 3 heterocycles. The van der Waals surface area contributed by atoms with E-state index in [-0.39, 0.29) is 0 Å². The lowest BCUT2D eigenvalue weighted by Crippen LogP contribution is -2.08. The molecule has 0 radical (unpaired) electrons. The highest BCUT2D eigenvalue weighted by molar-refractivity contribution is 7.19. The molecule has 22 heavy (non-hydrogen) atoms. The first kappa shape index (κ1) is 14.1. The molecule has 4 nitrogen and oxygen atoms in total. The molecule has 0 spiro atoms. The van der Waals surface area contributed by atoms with Crippen molar-refractivity contribution in [1.29, 1.82) is 0 Å². The maximum absolute atomic E-state index is 4.72. The maximum Gasteiger partial charge on any atom is 0.172 e. The summed E-state index contributed by atoms with van der Waals surface area (Å²) in [5.74, 6) is 2.32. The largest absolute Gasteiger partial charge is 0.268 e. The van der Waals surface area contributed by atoms with Gasteiger partial charge in [-0.2, -0.15) is 0 Å². The summed E-state index contributed by atoms with van der Waals surface area (Å²) in [4.78, 5) is 7.37. The predicted molar refractivity (Wildman–Crippen MR) is 90.7 cm³/mol. The van der Waals surface area contributed by atoms with Gasteiger partial charge in [-0.3, -0.25) is 4.40 Å². The molecule has 0 amide bonds. The zero-order valence-corrected chi connectivity index (χ0v) is 14.3. The van der Waals surface area contributed by atoms with Crippen LogP contribution in [0.1, 0.15) is 62.2 Å². The average molecular weight is 314 g/mol. The van der Waals surface area contributed by atoms with Crippen LogP contribution in [0.15, 0.2) is 6.33 Å². The number of hydrogen-bond acceptors (Lipinski definition) is 4. The van der Waals surface area contributed by atoms with Crippen molar-refractivity contribution in [3.8, 4) is 0 Å². The first-order valence-corrected chi connectivity index (χ1v) is 9.18. The Kier molecular flexibility index (Phi) is 3.40. The van der Waals surface area contributed by atoms with Crippen LogP contribution in [-0.2, 0) is 12.8 Å². The first-order chi connectivity index (χ1) is 10.7.